The molecule has 5 nitrogen and oxygen atoms in total. The molecular formula is C16H20N2O3S. The largest absolute Gasteiger partial charge is 0.469 e. The second kappa shape index (κ2) is 7.07. The quantitative estimate of drug-likeness (QED) is 0.857. The van der Waals surface area contributed by atoms with Crippen LogP contribution in [-0.4, -0.2) is 24.1 Å². The van der Waals surface area contributed by atoms with Gasteiger partial charge in [0.1, 0.15) is 0 Å². The van der Waals surface area contributed by atoms with Crippen molar-refractivity contribution < 1.29 is 13.9 Å². The first-order chi connectivity index (χ1) is 10.8. The van der Waals surface area contributed by atoms with Crippen molar-refractivity contribution in [1.29, 1.82) is 0 Å². The fourth-order valence-corrected chi connectivity index (χ4v) is 3.64. The summed E-state index contributed by atoms with van der Waals surface area (Å²) in [6.45, 7) is 0.755. The Morgan fingerprint density at radius 2 is 2.27 bits per heavy atom. The molecule has 6 heteroatoms. The van der Waals surface area contributed by atoms with Gasteiger partial charge in [-0.05, 0) is 37.8 Å². The summed E-state index contributed by atoms with van der Waals surface area (Å²) in [6, 6.07) is 4.24. The number of furan rings is 1. The maximum absolute atomic E-state index is 11.5. The Morgan fingerprint density at radius 3 is 2.95 bits per heavy atom. The molecule has 1 N–H and O–H groups in total. The lowest BCUT2D eigenvalue weighted by Gasteiger charge is -2.27. The van der Waals surface area contributed by atoms with Crippen LogP contribution >= 0.6 is 11.3 Å². The van der Waals surface area contributed by atoms with Gasteiger partial charge in [0.05, 0.1) is 25.0 Å². The Hall–Kier alpha value is -1.66. The summed E-state index contributed by atoms with van der Waals surface area (Å²) >= 11 is 1.60. The highest BCUT2D eigenvalue weighted by atomic mass is 32.1. The second-order valence-corrected chi connectivity index (χ2v) is 6.43. The van der Waals surface area contributed by atoms with E-state index in [1.54, 1.807) is 17.6 Å². The third-order valence-electron chi connectivity index (χ3n) is 4.12. The molecule has 1 fully saturated rings. The molecule has 0 saturated heterocycles. The molecule has 1 aliphatic rings. The molecule has 0 aliphatic heterocycles. The molecular weight excluding hydrogens is 300 g/mol. The molecule has 22 heavy (non-hydrogen) atoms. The molecule has 118 valence electrons. The van der Waals surface area contributed by atoms with Crippen LogP contribution in [0.15, 0.2) is 28.2 Å². The van der Waals surface area contributed by atoms with Crippen LogP contribution in [0.1, 0.15) is 31.4 Å². The zero-order valence-corrected chi connectivity index (χ0v) is 13.4. The number of hydrogen-bond acceptors (Lipinski definition) is 6. The van der Waals surface area contributed by atoms with Crippen molar-refractivity contribution in [3.8, 4) is 10.8 Å². The van der Waals surface area contributed by atoms with Crippen LogP contribution in [0.25, 0.3) is 10.8 Å². The summed E-state index contributed by atoms with van der Waals surface area (Å²) in [5, 5.41) is 6.51. The van der Waals surface area contributed by atoms with Crippen molar-refractivity contribution in [2.45, 2.75) is 38.3 Å². The third-order valence-corrected chi connectivity index (χ3v) is 5.02. The highest BCUT2D eigenvalue weighted by Crippen LogP contribution is 2.26. The van der Waals surface area contributed by atoms with Crippen molar-refractivity contribution in [2.75, 3.05) is 7.11 Å². The summed E-state index contributed by atoms with van der Waals surface area (Å²) in [5.74, 6) is 0.823. The lowest BCUT2D eigenvalue weighted by atomic mass is 9.86. The minimum absolute atomic E-state index is 0.0685. The van der Waals surface area contributed by atoms with E-state index in [1.807, 2.05) is 12.1 Å². The second-order valence-electron chi connectivity index (χ2n) is 5.57. The predicted molar refractivity (Wildman–Crippen MR) is 84.4 cm³/mol. The maximum atomic E-state index is 11.5. The molecule has 2 aromatic heterocycles. The highest BCUT2D eigenvalue weighted by molar-refractivity contribution is 7.13. The number of ether oxygens (including phenoxy) is 1. The smallest absolute Gasteiger partial charge is 0.308 e. The number of rotatable bonds is 5. The van der Waals surface area contributed by atoms with Gasteiger partial charge in [0, 0.05) is 18.0 Å². The molecule has 0 spiro atoms. The van der Waals surface area contributed by atoms with Crippen molar-refractivity contribution >= 4 is 17.3 Å². The van der Waals surface area contributed by atoms with E-state index in [0.29, 0.717) is 6.04 Å². The number of hydrogen-bond donors (Lipinski definition) is 1. The number of nitrogens with zero attached hydrogens (tertiary/aromatic N) is 1. The average molecular weight is 320 g/mol. The van der Waals surface area contributed by atoms with E-state index >= 15 is 0 Å². The molecule has 0 radical (unpaired) electrons. The highest BCUT2D eigenvalue weighted by Gasteiger charge is 2.26. The van der Waals surface area contributed by atoms with E-state index in [4.69, 9.17) is 9.15 Å². The number of nitrogens with one attached hydrogen (secondary N) is 1. The first kappa shape index (κ1) is 15.2. The summed E-state index contributed by atoms with van der Waals surface area (Å²) in [6.07, 6.45) is 5.48. The third kappa shape index (κ3) is 3.56. The van der Waals surface area contributed by atoms with Gasteiger partial charge in [-0.3, -0.25) is 4.79 Å². The van der Waals surface area contributed by atoms with Crippen LogP contribution in [0.5, 0.6) is 0 Å². The summed E-state index contributed by atoms with van der Waals surface area (Å²) < 4.78 is 10.2. The van der Waals surface area contributed by atoms with Gasteiger partial charge in [0.25, 0.3) is 0 Å². The lowest BCUT2D eigenvalue weighted by molar-refractivity contribution is -0.146. The maximum Gasteiger partial charge on any atom is 0.308 e. The number of methoxy groups -OCH3 is 1. The molecule has 3 rings (SSSR count). The molecule has 2 aromatic rings. The lowest BCUT2D eigenvalue weighted by Crippen LogP contribution is -2.34. The van der Waals surface area contributed by atoms with Crippen LogP contribution < -0.4 is 5.32 Å². The summed E-state index contributed by atoms with van der Waals surface area (Å²) in [4.78, 5) is 16.1. The number of carbonyl (C=O) groups excluding carboxylic acids is 1. The summed E-state index contributed by atoms with van der Waals surface area (Å²) in [5.41, 5.74) is 1.03. The van der Waals surface area contributed by atoms with Crippen molar-refractivity contribution in [3.05, 3.63) is 29.5 Å². The molecule has 0 atom stereocenters. The van der Waals surface area contributed by atoms with Gasteiger partial charge < -0.3 is 14.5 Å². The number of thiazole rings is 1. The normalized spacial score (nSPS) is 21.7. The first-order valence-electron chi connectivity index (χ1n) is 7.55. The van der Waals surface area contributed by atoms with Crippen LogP contribution in [0.2, 0.25) is 0 Å². The fourth-order valence-electron chi connectivity index (χ4n) is 2.85. The van der Waals surface area contributed by atoms with E-state index in [0.717, 1.165) is 48.7 Å². The Labute approximate surface area is 133 Å². The zero-order chi connectivity index (χ0) is 15.4. The average Bonchev–Trinajstić information content (AvgIpc) is 3.23. The van der Waals surface area contributed by atoms with Crippen LogP contribution in [-0.2, 0) is 16.1 Å². The summed E-state index contributed by atoms with van der Waals surface area (Å²) in [7, 11) is 1.46. The minimum atomic E-state index is -0.0685. The van der Waals surface area contributed by atoms with Gasteiger partial charge in [-0.15, -0.1) is 11.3 Å². The molecule has 0 aromatic carbocycles. The SMILES string of the molecule is COC(=O)C1CCC(NCc2csc(-c3ccco3)n2)CC1. The monoisotopic (exact) mass is 320 g/mol. The molecule has 1 saturated carbocycles. The fraction of sp³-hybridized carbons (Fsp3) is 0.500. The minimum Gasteiger partial charge on any atom is -0.469 e. The molecule has 0 unspecified atom stereocenters. The van der Waals surface area contributed by atoms with Gasteiger partial charge >= 0.3 is 5.97 Å². The molecule has 0 bridgehead atoms. The van der Waals surface area contributed by atoms with Crippen molar-refractivity contribution in [2.24, 2.45) is 5.92 Å². The van der Waals surface area contributed by atoms with Gasteiger partial charge in [-0.25, -0.2) is 4.98 Å². The van der Waals surface area contributed by atoms with Crippen LogP contribution in [0.3, 0.4) is 0 Å². The number of aromatic nitrogens is 1. The van der Waals surface area contributed by atoms with Gasteiger partial charge in [-0.1, -0.05) is 0 Å². The van der Waals surface area contributed by atoms with Gasteiger partial charge in [-0.2, -0.15) is 0 Å². The van der Waals surface area contributed by atoms with E-state index < -0.39 is 0 Å². The van der Waals surface area contributed by atoms with E-state index in [9.17, 15) is 4.79 Å². The topological polar surface area (TPSA) is 64.4 Å². The van der Waals surface area contributed by atoms with Gasteiger partial charge in [0.15, 0.2) is 10.8 Å². The molecule has 2 heterocycles. The molecule has 1 aliphatic carbocycles. The van der Waals surface area contributed by atoms with E-state index in [2.05, 4.69) is 15.7 Å². The first-order valence-corrected chi connectivity index (χ1v) is 8.43. The van der Waals surface area contributed by atoms with Crippen LogP contribution in [0.4, 0.5) is 0 Å². The zero-order valence-electron chi connectivity index (χ0n) is 12.6. The van der Waals surface area contributed by atoms with Crippen molar-refractivity contribution in [3.63, 3.8) is 0 Å². The Kier molecular flexibility index (Phi) is 4.90. The van der Waals surface area contributed by atoms with E-state index in [-0.39, 0.29) is 11.9 Å². The Bertz CT molecular complexity index is 601. The number of esters is 1. The Morgan fingerprint density at radius 1 is 1.45 bits per heavy atom. The molecule has 0 amide bonds. The van der Waals surface area contributed by atoms with Gasteiger partial charge in [0.2, 0.25) is 0 Å². The Balaban J connectivity index is 1.47. The van der Waals surface area contributed by atoms with Crippen LogP contribution in [0, 0.1) is 5.92 Å². The predicted octanol–water partition coefficient (Wildman–Crippen LogP) is 3.22. The number of carbonyl (C=O) groups is 1. The standard InChI is InChI=1S/C16H20N2O3S/c1-20-16(19)11-4-6-12(7-5-11)17-9-13-10-22-15(18-13)14-3-2-8-21-14/h2-3,8,10-12,17H,4-7,9H2,1H3. The van der Waals surface area contributed by atoms with E-state index in [1.165, 1.54) is 7.11 Å². The van der Waals surface area contributed by atoms with Crippen molar-refractivity contribution in [1.82, 2.24) is 10.3 Å².